The van der Waals surface area contributed by atoms with E-state index in [1.165, 1.54) is 25.7 Å². The molecular formula is C15H17BrN2O. The van der Waals surface area contributed by atoms with Gasteiger partial charge in [0, 0.05) is 16.7 Å². The van der Waals surface area contributed by atoms with E-state index in [1.807, 2.05) is 12.1 Å². The van der Waals surface area contributed by atoms with E-state index in [0.717, 1.165) is 23.3 Å². The van der Waals surface area contributed by atoms with Gasteiger partial charge in [-0.3, -0.25) is 0 Å². The van der Waals surface area contributed by atoms with Gasteiger partial charge in [0.15, 0.2) is 0 Å². The Morgan fingerprint density at radius 3 is 2.95 bits per heavy atom. The second-order valence-corrected chi connectivity index (χ2v) is 6.18. The molecule has 2 aliphatic rings. The van der Waals surface area contributed by atoms with Gasteiger partial charge in [0.25, 0.3) is 0 Å². The first-order chi connectivity index (χ1) is 9.28. The van der Waals surface area contributed by atoms with E-state index in [2.05, 4.69) is 33.0 Å². The number of morpholine rings is 1. The van der Waals surface area contributed by atoms with E-state index in [1.54, 1.807) is 0 Å². The number of ether oxygens (including phenoxy) is 1. The van der Waals surface area contributed by atoms with Crippen molar-refractivity contribution in [2.75, 3.05) is 18.1 Å². The number of benzene rings is 1. The smallest absolute Gasteiger partial charge is 0.0992 e. The van der Waals surface area contributed by atoms with Crippen molar-refractivity contribution in [3.05, 3.63) is 28.2 Å². The minimum atomic E-state index is 0.368. The van der Waals surface area contributed by atoms with Gasteiger partial charge in [-0.2, -0.15) is 5.26 Å². The first-order valence-corrected chi connectivity index (χ1v) is 7.66. The molecule has 3 rings (SSSR count). The first-order valence-electron chi connectivity index (χ1n) is 6.87. The Bertz CT molecular complexity index is 509. The predicted molar refractivity (Wildman–Crippen MR) is 78.2 cm³/mol. The Labute approximate surface area is 122 Å². The summed E-state index contributed by atoms with van der Waals surface area (Å²) in [7, 11) is 0. The molecule has 0 N–H and O–H groups in total. The van der Waals surface area contributed by atoms with Gasteiger partial charge in [-0.15, -0.1) is 0 Å². The van der Waals surface area contributed by atoms with Crippen molar-refractivity contribution < 1.29 is 4.74 Å². The van der Waals surface area contributed by atoms with Crippen LogP contribution < -0.4 is 4.90 Å². The summed E-state index contributed by atoms with van der Waals surface area (Å²) >= 11 is 3.50. The van der Waals surface area contributed by atoms with Crippen LogP contribution in [0.4, 0.5) is 5.69 Å². The van der Waals surface area contributed by atoms with Crippen LogP contribution in [0.3, 0.4) is 0 Å². The van der Waals surface area contributed by atoms with Crippen LogP contribution in [-0.2, 0) is 4.74 Å². The average molecular weight is 321 g/mol. The molecule has 2 fully saturated rings. The maximum absolute atomic E-state index is 9.10. The lowest BCUT2D eigenvalue weighted by molar-refractivity contribution is -0.00868. The molecule has 1 aliphatic carbocycles. The largest absolute Gasteiger partial charge is 0.374 e. The summed E-state index contributed by atoms with van der Waals surface area (Å²) in [6, 6.07) is 8.67. The zero-order chi connectivity index (χ0) is 13.2. The lowest BCUT2D eigenvalue weighted by Crippen LogP contribution is -2.52. The minimum Gasteiger partial charge on any atom is -0.374 e. The van der Waals surface area contributed by atoms with Crippen LogP contribution in [0.2, 0.25) is 0 Å². The second-order valence-electron chi connectivity index (χ2n) is 5.26. The molecule has 1 saturated carbocycles. The summed E-state index contributed by atoms with van der Waals surface area (Å²) in [5, 5.41) is 9.10. The van der Waals surface area contributed by atoms with Gasteiger partial charge in [0.05, 0.1) is 30.4 Å². The fourth-order valence-corrected chi connectivity index (χ4v) is 3.70. The molecule has 0 aromatic heterocycles. The molecule has 100 valence electrons. The molecule has 2 atom stereocenters. The summed E-state index contributed by atoms with van der Waals surface area (Å²) in [5.74, 6) is 0. The minimum absolute atomic E-state index is 0.368. The monoisotopic (exact) mass is 320 g/mol. The van der Waals surface area contributed by atoms with Gasteiger partial charge in [-0.1, -0.05) is 28.8 Å². The quantitative estimate of drug-likeness (QED) is 0.795. The van der Waals surface area contributed by atoms with Crippen LogP contribution in [0.1, 0.15) is 31.2 Å². The highest BCUT2D eigenvalue weighted by molar-refractivity contribution is 9.10. The summed E-state index contributed by atoms with van der Waals surface area (Å²) in [5.41, 5.74) is 1.86. The summed E-state index contributed by atoms with van der Waals surface area (Å²) in [6.07, 6.45) is 5.28. The predicted octanol–water partition coefficient (Wildman–Crippen LogP) is 3.47. The first kappa shape index (κ1) is 13.0. The summed E-state index contributed by atoms with van der Waals surface area (Å²) < 4.78 is 6.87. The van der Waals surface area contributed by atoms with Crippen LogP contribution in [0.5, 0.6) is 0 Å². The summed E-state index contributed by atoms with van der Waals surface area (Å²) in [6.45, 7) is 1.71. The lowest BCUT2D eigenvalue weighted by Gasteiger charge is -2.45. The summed E-state index contributed by atoms with van der Waals surface area (Å²) in [4.78, 5) is 2.43. The maximum atomic E-state index is 9.10. The van der Waals surface area contributed by atoms with Crippen molar-refractivity contribution >= 4 is 21.6 Å². The highest BCUT2D eigenvalue weighted by atomic mass is 79.9. The Hall–Kier alpha value is -1.05. The molecule has 0 spiro atoms. The number of hydrogen-bond acceptors (Lipinski definition) is 3. The number of anilines is 1. The number of rotatable bonds is 1. The molecule has 0 bridgehead atoms. The Balaban J connectivity index is 1.91. The van der Waals surface area contributed by atoms with Crippen molar-refractivity contribution in [3.63, 3.8) is 0 Å². The molecule has 1 aliphatic heterocycles. The molecule has 3 nitrogen and oxygen atoms in total. The Kier molecular flexibility index (Phi) is 3.76. The number of fused-ring (bicyclic) bond motifs is 1. The molecular weight excluding hydrogens is 304 g/mol. The van der Waals surface area contributed by atoms with E-state index >= 15 is 0 Å². The highest BCUT2D eigenvalue weighted by Gasteiger charge is 2.34. The normalized spacial score (nSPS) is 26.6. The third-order valence-electron chi connectivity index (χ3n) is 4.08. The third kappa shape index (κ3) is 2.63. The van der Waals surface area contributed by atoms with Crippen molar-refractivity contribution in [1.29, 1.82) is 5.26 Å². The molecule has 0 radical (unpaired) electrons. The fourth-order valence-electron chi connectivity index (χ4n) is 3.22. The van der Waals surface area contributed by atoms with Crippen LogP contribution in [-0.4, -0.2) is 25.3 Å². The highest BCUT2D eigenvalue weighted by Crippen LogP contribution is 2.33. The maximum Gasteiger partial charge on any atom is 0.0992 e. The van der Waals surface area contributed by atoms with Gasteiger partial charge in [-0.05, 0) is 31.0 Å². The Morgan fingerprint density at radius 2 is 2.11 bits per heavy atom. The molecule has 1 aromatic rings. The van der Waals surface area contributed by atoms with Crippen LogP contribution >= 0.6 is 15.9 Å². The zero-order valence-electron chi connectivity index (χ0n) is 10.8. The van der Waals surface area contributed by atoms with Crippen molar-refractivity contribution in [1.82, 2.24) is 0 Å². The van der Waals surface area contributed by atoms with E-state index in [4.69, 9.17) is 10.00 Å². The van der Waals surface area contributed by atoms with E-state index in [9.17, 15) is 0 Å². The van der Waals surface area contributed by atoms with Crippen LogP contribution in [0.25, 0.3) is 0 Å². The number of hydrogen-bond donors (Lipinski definition) is 0. The van der Waals surface area contributed by atoms with Gasteiger partial charge in [0.1, 0.15) is 0 Å². The van der Waals surface area contributed by atoms with Gasteiger partial charge < -0.3 is 9.64 Å². The van der Waals surface area contributed by atoms with E-state index < -0.39 is 0 Å². The van der Waals surface area contributed by atoms with E-state index in [-0.39, 0.29) is 0 Å². The third-order valence-corrected chi connectivity index (χ3v) is 4.53. The van der Waals surface area contributed by atoms with Crippen molar-refractivity contribution in [2.24, 2.45) is 0 Å². The molecule has 2 unspecified atom stereocenters. The molecule has 1 heterocycles. The zero-order valence-corrected chi connectivity index (χ0v) is 12.4. The van der Waals surface area contributed by atoms with Gasteiger partial charge in [-0.25, -0.2) is 0 Å². The van der Waals surface area contributed by atoms with Crippen molar-refractivity contribution in [3.8, 4) is 6.07 Å². The Morgan fingerprint density at radius 1 is 1.26 bits per heavy atom. The van der Waals surface area contributed by atoms with Gasteiger partial charge >= 0.3 is 0 Å². The van der Waals surface area contributed by atoms with Gasteiger partial charge in [0.2, 0.25) is 0 Å². The molecule has 1 saturated heterocycles. The molecule has 4 heteroatoms. The number of nitrogens with zero attached hydrogens (tertiary/aromatic N) is 2. The number of nitriles is 1. The van der Waals surface area contributed by atoms with Crippen LogP contribution in [0, 0.1) is 11.3 Å². The lowest BCUT2D eigenvalue weighted by atomic mass is 9.89. The van der Waals surface area contributed by atoms with Crippen molar-refractivity contribution in [2.45, 2.75) is 37.8 Å². The average Bonchev–Trinajstić information content (AvgIpc) is 2.46. The molecule has 1 aromatic carbocycles. The molecule has 0 amide bonds. The van der Waals surface area contributed by atoms with E-state index in [0.29, 0.717) is 17.7 Å². The topological polar surface area (TPSA) is 36.3 Å². The fraction of sp³-hybridized carbons (Fsp3) is 0.533. The SMILES string of the molecule is N#Cc1cc(Br)cc(N2CCOC3CCCCC32)c1. The standard InChI is InChI=1S/C15H17BrN2O/c16-12-7-11(10-17)8-13(9-12)18-5-6-19-15-4-2-1-3-14(15)18/h7-9,14-15H,1-6H2. The van der Waals surface area contributed by atoms with Crippen LogP contribution in [0.15, 0.2) is 22.7 Å². The second kappa shape index (κ2) is 5.52. The molecule has 19 heavy (non-hydrogen) atoms. The number of halogens is 1.